The first-order chi connectivity index (χ1) is 14.8. The van der Waals surface area contributed by atoms with Gasteiger partial charge in [-0.15, -0.1) is 0 Å². The zero-order chi connectivity index (χ0) is 22.5. The van der Waals surface area contributed by atoms with E-state index in [9.17, 15) is 9.59 Å². The smallest absolute Gasteiger partial charge is 0.338 e. The van der Waals surface area contributed by atoms with Crippen molar-refractivity contribution >= 4 is 34.9 Å². The lowest BCUT2D eigenvalue weighted by Crippen LogP contribution is -2.46. The van der Waals surface area contributed by atoms with E-state index < -0.39 is 6.04 Å². The topological polar surface area (TPSA) is 70.7 Å². The molecule has 0 aromatic heterocycles. The highest BCUT2D eigenvalue weighted by Crippen LogP contribution is 2.32. The number of benzene rings is 1. The van der Waals surface area contributed by atoms with E-state index in [2.05, 4.69) is 10.6 Å². The van der Waals surface area contributed by atoms with E-state index >= 15 is 0 Å². The van der Waals surface area contributed by atoms with Gasteiger partial charge in [0.25, 0.3) is 0 Å². The SMILES string of the molecule is CC1=C(C(=O)OCC(C)C)C(c2ccc(NC(=O)C3CCCCC3)cc2)NC(=S)N1C. The predicted molar refractivity (Wildman–Crippen MR) is 126 cm³/mol. The van der Waals surface area contributed by atoms with Gasteiger partial charge in [0.15, 0.2) is 5.11 Å². The Hall–Kier alpha value is -2.41. The summed E-state index contributed by atoms with van der Waals surface area (Å²) in [6, 6.07) is 7.21. The molecule has 1 aromatic carbocycles. The van der Waals surface area contributed by atoms with Crippen molar-refractivity contribution in [3.63, 3.8) is 0 Å². The summed E-state index contributed by atoms with van der Waals surface area (Å²) in [6.45, 7) is 6.26. The van der Waals surface area contributed by atoms with Crippen LogP contribution in [0, 0.1) is 11.8 Å². The summed E-state index contributed by atoms with van der Waals surface area (Å²) >= 11 is 5.45. The van der Waals surface area contributed by atoms with Crippen LogP contribution in [0.5, 0.6) is 0 Å². The van der Waals surface area contributed by atoms with Gasteiger partial charge >= 0.3 is 5.97 Å². The van der Waals surface area contributed by atoms with Crippen molar-refractivity contribution in [2.24, 2.45) is 11.8 Å². The molecule has 0 radical (unpaired) electrons. The summed E-state index contributed by atoms with van der Waals surface area (Å²) in [4.78, 5) is 27.2. The van der Waals surface area contributed by atoms with Crippen LogP contribution in [-0.4, -0.2) is 35.5 Å². The van der Waals surface area contributed by atoms with E-state index in [0.717, 1.165) is 42.6 Å². The number of carbonyl (C=O) groups excluding carboxylic acids is 2. The third kappa shape index (κ3) is 5.64. The number of hydrogen-bond donors (Lipinski definition) is 2. The minimum Gasteiger partial charge on any atom is -0.462 e. The highest BCUT2D eigenvalue weighted by Gasteiger charge is 2.33. The van der Waals surface area contributed by atoms with Crippen LogP contribution in [0.2, 0.25) is 0 Å². The minimum atomic E-state index is -0.397. The van der Waals surface area contributed by atoms with Crippen LogP contribution in [0.25, 0.3) is 0 Å². The molecule has 0 bridgehead atoms. The van der Waals surface area contributed by atoms with E-state index in [1.165, 1.54) is 6.42 Å². The van der Waals surface area contributed by atoms with Gasteiger partial charge in [-0.1, -0.05) is 45.2 Å². The largest absolute Gasteiger partial charge is 0.462 e. The quantitative estimate of drug-likeness (QED) is 0.497. The summed E-state index contributed by atoms with van der Waals surface area (Å²) in [5.41, 5.74) is 2.98. The first-order valence-electron chi connectivity index (χ1n) is 11.1. The summed E-state index contributed by atoms with van der Waals surface area (Å²) in [5, 5.41) is 6.84. The standard InChI is InChI=1S/C24H33N3O3S/c1-15(2)14-30-23(29)20-16(3)27(4)24(31)26-21(20)17-10-12-19(13-11-17)25-22(28)18-8-6-5-7-9-18/h10-13,15,18,21H,5-9,14H2,1-4H3,(H,25,28)(H,26,31). The number of carbonyl (C=O) groups is 2. The van der Waals surface area contributed by atoms with Gasteiger partial charge in [0.2, 0.25) is 5.91 Å². The lowest BCUT2D eigenvalue weighted by Gasteiger charge is -2.35. The molecular formula is C24H33N3O3S. The van der Waals surface area contributed by atoms with Crippen molar-refractivity contribution in [1.29, 1.82) is 0 Å². The first kappa shape index (κ1) is 23.3. The summed E-state index contributed by atoms with van der Waals surface area (Å²) in [5.74, 6) is 0.118. The number of rotatable bonds is 6. The molecule has 0 saturated heterocycles. The number of esters is 1. The number of amides is 1. The molecule has 1 fully saturated rings. The molecule has 2 N–H and O–H groups in total. The Labute approximate surface area is 190 Å². The molecule has 0 spiro atoms. The Kier molecular flexibility index (Phi) is 7.70. The number of thiocarbonyl (C=S) groups is 1. The molecule has 7 heteroatoms. The number of hydrogen-bond acceptors (Lipinski definition) is 4. The summed E-state index contributed by atoms with van der Waals surface area (Å²) < 4.78 is 5.53. The molecule has 1 amide bonds. The number of allylic oxidation sites excluding steroid dienone is 1. The molecule has 1 atom stereocenters. The fourth-order valence-corrected chi connectivity index (χ4v) is 4.29. The number of anilines is 1. The van der Waals surface area contributed by atoms with Crippen molar-refractivity contribution in [2.45, 2.75) is 58.9 Å². The molecule has 2 aliphatic rings. The monoisotopic (exact) mass is 443 g/mol. The second-order valence-corrected chi connectivity index (χ2v) is 9.27. The number of nitrogens with one attached hydrogen (secondary N) is 2. The number of nitrogens with zero attached hydrogens (tertiary/aromatic N) is 1. The minimum absolute atomic E-state index is 0.0970. The van der Waals surface area contributed by atoms with Gasteiger partial charge in [-0.25, -0.2) is 4.79 Å². The van der Waals surface area contributed by atoms with Gasteiger partial charge in [0.05, 0.1) is 18.2 Å². The Bertz CT molecular complexity index is 857. The van der Waals surface area contributed by atoms with Crippen LogP contribution in [0.3, 0.4) is 0 Å². The molecule has 168 valence electrons. The van der Waals surface area contributed by atoms with Gasteiger partial charge in [0.1, 0.15) is 0 Å². The normalized spacial score (nSPS) is 20.0. The Balaban J connectivity index is 1.78. The van der Waals surface area contributed by atoms with E-state index in [1.807, 2.05) is 52.1 Å². The lowest BCUT2D eigenvalue weighted by atomic mass is 9.88. The zero-order valence-corrected chi connectivity index (χ0v) is 19.7. The Morgan fingerprint density at radius 1 is 1.19 bits per heavy atom. The van der Waals surface area contributed by atoms with Gasteiger partial charge in [-0.2, -0.15) is 0 Å². The van der Waals surface area contributed by atoms with E-state index in [4.69, 9.17) is 17.0 Å². The van der Waals surface area contributed by atoms with Crippen molar-refractivity contribution < 1.29 is 14.3 Å². The average Bonchev–Trinajstić information content (AvgIpc) is 2.76. The maximum Gasteiger partial charge on any atom is 0.338 e. The van der Waals surface area contributed by atoms with Crippen molar-refractivity contribution in [2.75, 3.05) is 19.0 Å². The molecule has 1 aliphatic carbocycles. The third-order valence-electron chi connectivity index (χ3n) is 6.01. The zero-order valence-electron chi connectivity index (χ0n) is 18.9. The van der Waals surface area contributed by atoms with Gasteiger partial charge < -0.3 is 20.3 Å². The molecule has 1 aromatic rings. The van der Waals surface area contributed by atoms with Crippen molar-refractivity contribution in [3.05, 3.63) is 41.1 Å². The molecular weight excluding hydrogens is 410 g/mol. The molecule has 1 saturated carbocycles. The van der Waals surface area contributed by atoms with Crippen LogP contribution in [0.4, 0.5) is 5.69 Å². The average molecular weight is 444 g/mol. The predicted octanol–water partition coefficient (Wildman–Crippen LogP) is 4.54. The maximum atomic E-state index is 12.9. The first-order valence-corrected chi connectivity index (χ1v) is 11.5. The molecule has 6 nitrogen and oxygen atoms in total. The molecule has 1 unspecified atom stereocenters. The number of ether oxygens (including phenoxy) is 1. The van der Waals surface area contributed by atoms with Crippen LogP contribution in [0.15, 0.2) is 35.5 Å². The van der Waals surface area contributed by atoms with Crippen molar-refractivity contribution in [3.8, 4) is 0 Å². The molecule has 31 heavy (non-hydrogen) atoms. The van der Waals surface area contributed by atoms with Gasteiger partial charge in [-0.05, 0) is 55.6 Å². The van der Waals surface area contributed by atoms with Crippen molar-refractivity contribution in [1.82, 2.24) is 10.2 Å². The highest BCUT2D eigenvalue weighted by atomic mass is 32.1. The highest BCUT2D eigenvalue weighted by molar-refractivity contribution is 7.80. The van der Waals surface area contributed by atoms with E-state index in [-0.39, 0.29) is 23.7 Å². The summed E-state index contributed by atoms with van der Waals surface area (Å²) in [6.07, 6.45) is 5.40. The third-order valence-corrected chi connectivity index (χ3v) is 6.40. The molecule has 1 aliphatic heterocycles. The Morgan fingerprint density at radius 2 is 1.84 bits per heavy atom. The van der Waals surface area contributed by atoms with Gasteiger partial charge in [-0.3, -0.25) is 4.79 Å². The van der Waals surface area contributed by atoms with Gasteiger partial charge in [0, 0.05) is 24.4 Å². The molecule has 1 heterocycles. The Morgan fingerprint density at radius 3 is 2.45 bits per heavy atom. The van der Waals surface area contributed by atoms with Crippen LogP contribution >= 0.6 is 12.2 Å². The van der Waals surface area contributed by atoms with Crippen LogP contribution in [0.1, 0.15) is 64.5 Å². The van der Waals surface area contributed by atoms with E-state index in [0.29, 0.717) is 17.3 Å². The maximum absolute atomic E-state index is 12.9. The van der Waals surface area contributed by atoms with Crippen LogP contribution in [-0.2, 0) is 14.3 Å². The van der Waals surface area contributed by atoms with Crippen LogP contribution < -0.4 is 10.6 Å². The second-order valence-electron chi connectivity index (χ2n) is 8.88. The lowest BCUT2D eigenvalue weighted by molar-refractivity contribution is -0.140. The molecule has 3 rings (SSSR count). The second kappa shape index (κ2) is 10.3. The fourth-order valence-electron chi connectivity index (χ4n) is 4.04. The van der Waals surface area contributed by atoms with E-state index in [1.54, 1.807) is 4.90 Å². The fraction of sp³-hybridized carbons (Fsp3) is 0.542. The summed E-state index contributed by atoms with van der Waals surface area (Å²) in [7, 11) is 1.83.